The van der Waals surface area contributed by atoms with Crippen LogP contribution in [0.25, 0.3) is 6.08 Å². The summed E-state index contributed by atoms with van der Waals surface area (Å²) in [5, 5.41) is 0. The molecule has 1 aromatic heterocycles. The molecule has 1 heterocycles. The van der Waals surface area contributed by atoms with Crippen molar-refractivity contribution >= 4 is 11.9 Å². The molecule has 0 aliphatic rings. The summed E-state index contributed by atoms with van der Waals surface area (Å²) in [6, 6.07) is 9.01. The molecule has 0 saturated carbocycles. The van der Waals surface area contributed by atoms with Crippen molar-refractivity contribution in [3.05, 3.63) is 53.9 Å². The summed E-state index contributed by atoms with van der Waals surface area (Å²) < 4.78 is 10.4. The maximum atomic E-state index is 11.8. The van der Waals surface area contributed by atoms with Gasteiger partial charge >= 0.3 is 0 Å². The van der Waals surface area contributed by atoms with E-state index in [0.717, 1.165) is 5.56 Å². The zero-order valence-corrected chi connectivity index (χ0v) is 10.8. The second-order valence-electron chi connectivity index (χ2n) is 3.90. The highest BCUT2D eigenvalue weighted by molar-refractivity contribution is 6.05. The fourth-order valence-corrected chi connectivity index (χ4v) is 1.70. The summed E-state index contributed by atoms with van der Waals surface area (Å²) >= 11 is 0. The summed E-state index contributed by atoms with van der Waals surface area (Å²) in [5.74, 6) is 1.23. The summed E-state index contributed by atoms with van der Waals surface area (Å²) in [7, 11) is 3.16. The first-order chi connectivity index (χ1) is 9.24. The number of carbonyl (C=O) groups is 1. The molecule has 0 bridgehead atoms. The zero-order valence-electron chi connectivity index (χ0n) is 10.8. The van der Waals surface area contributed by atoms with Crippen molar-refractivity contribution in [2.75, 3.05) is 14.2 Å². The minimum atomic E-state index is -0.0696. The summed E-state index contributed by atoms with van der Waals surface area (Å²) in [4.78, 5) is 14.7. The average Bonchev–Trinajstić information content (AvgIpc) is 2.98. The number of aromatic nitrogens is 1. The highest BCUT2D eigenvalue weighted by atomic mass is 16.5. The van der Waals surface area contributed by atoms with Crippen molar-refractivity contribution in [2.45, 2.75) is 0 Å². The molecule has 0 fully saturated rings. The van der Waals surface area contributed by atoms with E-state index in [0.29, 0.717) is 17.2 Å². The number of ketones is 1. The zero-order chi connectivity index (χ0) is 13.7. The molecule has 4 heteroatoms. The molecule has 0 spiro atoms. The number of hydrogen-bond donors (Lipinski definition) is 1. The molecule has 1 aromatic carbocycles. The third kappa shape index (κ3) is 3.04. The SMILES string of the molecule is COc1ccc(/C=C/C(=O)c2ccc[nH]2)cc1OC. The average molecular weight is 257 g/mol. The first-order valence-electron chi connectivity index (χ1n) is 5.82. The predicted octanol–water partition coefficient (Wildman–Crippen LogP) is 2.93. The standard InChI is InChI=1S/C15H15NO3/c1-18-14-8-6-11(10-15(14)19-2)5-7-13(17)12-4-3-9-16-12/h3-10,16H,1-2H3/b7-5+. The minimum absolute atomic E-state index is 0.0696. The molecule has 4 nitrogen and oxygen atoms in total. The van der Waals surface area contributed by atoms with Crippen molar-refractivity contribution in [3.63, 3.8) is 0 Å². The van der Waals surface area contributed by atoms with E-state index in [4.69, 9.17) is 9.47 Å². The van der Waals surface area contributed by atoms with Crippen LogP contribution in [-0.2, 0) is 0 Å². The molecule has 0 radical (unpaired) electrons. The highest BCUT2D eigenvalue weighted by Gasteiger charge is 2.04. The topological polar surface area (TPSA) is 51.3 Å². The Morgan fingerprint density at radius 2 is 1.95 bits per heavy atom. The van der Waals surface area contributed by atoms with Crippen LogP contribution in [-0.4, -0.2) is 25.0 Å². The summed E-state index contributed by atoms with van der Waals surface area (Å²) in [6.07, 6.45) is 4.98. The minimum Gasteiger partial charge on any atom is -0.493 e. The Balaban J connectivity index is 2.17. The van der Waals surface area contributed by atoms with Crippen LogP contribution in [0.1, 0.15) is 16.1 Å². The highest BCUT2D eigenvalue weighted by Crippen LogP contribution is 2.27. The number of rotatable bonds is 5. The molecule has 2 aromatic rings. The van der Waals surface area contributed by atoms with E-state index in [-0.39, 0.29) is 5.78 Å². The van der Waals surface area contributed by atoms with Gasteiger partial charge in [0.05, 0.1) is 19.9 Å². The monoisotopic (exact) mass is 257 g/mol. The van der Waals surface area contributed by atoms with E-state index >= 15 is 0 Å². The van der Waals surface area contributed by atoms with Crippen LogP contribution < -0.4 is 9.47 Å². The van der Waals surface area contributed by atoms with Gasteiger partial charge in [-0.1, -0.05) is 12.1 Å². The van der Waals surface area contributed by atoms with E-state index in [1.165, 1.54) is 6.08 Å². The van der Waals surface area contributed by atoms with Crippen molar-refractivity contribution in [1.82, 2.24) is 4.98 Å². The lowest BCUT2D eigenvalue weighted by Crippen LogP contribution is -1.94. The number of ether oxygens (including phenoxy) is 2. The van der Waals surface area contributed by atoms with E-state index in [2.05, 4.69) is 4.98 Å². The van der Waals surface area contributed by atoms with Gasteiger partial charge in [-0.25, -0.2) is 0 Å². The number of aromatic amines is 1. The van der Waals surface area contributed by atoms with Gasteiger partial charge in [0.25, 0.3) is 0 Å². The van der Waals surface area contributed by atoms with Crippen molar-refractivity contribution in [2.24, 2.45) is 0 Å². The Kier molecular flexibility index (Phi) is 4.03. The van der Waals surface area contributed by atoms with Gasteiger partial charge in [0.15, 0.2) is 11.5 Å². The van der Waals surface area contributed by atoms with Gasteiger partial charge in [0.1, 0.15) is 0 Å². The predicted molar refractivity (Wildman–Crippen MR) is 73.7 cm³/mol. The lowest BCUT2D eigenvalue weighted by atomic mass is 10.1. The number of carbonyl (C=O) groups excluding carboxylic acids is 1. The van der Waals surface area contributed by atoms with Crippen LogP contribution in [0.5, 0.6) is 11.5 Å². The quantitative estimate of drug-likeness (QED) is 0.662. The number of H-pyrrole nitrogens is 1. The smallest absolute Gasteiger partial charge is 0.201 e. The first kappa shape index (κ1) is 13.0. The van der Waals surface area contributed by atoms with Gasteiger partial charge < -0.3 is 14.5 Å². The van der Waals surface area contributed by atoms with E-state index < -0.39 is 0 Å². The first-order valence-corrected chi connectivity index (χ1v) is 5.82. The molecule has 19 heavy (non-hydrogen) atoms. The largest absolute Gasteiger partial charge is 0.493 e. The van der Waals surface area contributed by atoms with E-state index in [9.17, 15) is 4.79 Å². The third-order valence-electron chi connectivity index (χ3n) is 2.70. The fraction of sp³-hybridized carbons (Fsp3) is 0.133. The van der Waals surface area contributed by atoms with Crippen LogP contribution in [0, 0.1) is 0 Å². The van der Waals surface area contributed by atoms with Crippen LogP contribution in [0.4, 0.5) is 0 Å². The molecule has 1 N–H and O–H groups in total. The third-order valence-corrected chi connectivity index (χ3v) is 2.70. The molecule has 2 rings (SSSR count). The molecular weight excluding hydrogens is 242 g/mol. The molecule has 0 atom stereocenters. The van der Waals surface area contributed by atoms with Gasteiger partial charge in [-0.2, -0.15) is 0 Å². The van der Waals surface area contributed by atoms with Crippen molar-refractivity contribution in [1.29, 1.82) is 0 Å². The van der Waals surface area contributed by atoms with Crippen LogP contribution >= 0.6 is 0 Å². The van der Waals surface area contributed by atoms with Gasteiger partial charge in [-0.3, -0.25) is 4.79 Å². The normalized spacial score (nSPS) is 10.6. The van der Waals surface area contributed by atoms with Gasteiger partial charge in [-0.15, -0.1) is 0 Å². The van der Waals surface area contributed by atoms with Crippen LogP contribution in [0.15, 0.2) is 42.6 Å². The Hall–Kier alpha value is -2.49. The molecule has 0 aliphatic heterocycles. The second kappa shape index (κ2) is 5.91. The number of allylic oxidation sites excluding steroid dienone is 1. The molecule has 98 valence electrons. The number of hydrogen-bond acceptors (Lipinski definition) is 3. The second-order valence-corrected chi connectivity index (χ2v) is 3.90. The maximum absolute atomic E-state index is 11.8. The maximum Gasteiger partial charge on any atom is 0.201 e. The van der Waals surface area contributed by atoms with Gasteiger partial charge in [-0.05, 0) is 35.9 Å². The van der Waals surface area contributed by atoms with E-state index in [1.54, 1.807) is 44.7 Å². The molecule has 0 amide bonds. The van der Waals surface area contributed by atoms with E-state index in [1.807, 2.05) is 12.1 Å². The van der Waals surface area contributed by atoms with Crippen molar-refractivity contribution < 1.29 is 14.3 Å². The van der Waals surface area contributed by atoms with Crippen LogP contribution in [0.2, 0.25) is 0 Å². The lowest BCUT2D eigenvalue weighted by molar-refractivity contribution is 0.104. The number of methoxy groups -OCH3 is 2. The Morgan fingerprint density at radius 1 is 1.16 bits per heavy atom. The molecular formula is C15H15NO3. The van der Waals surface area contributed by atoms with Gasteiger partial charge in [0.2, 0.25) is 5.78 Å². The Morgan fingerprint density at radius 3 is 2.58 bits per heavy atom. The molecule has 0 unspecified atom stereocenters. The lowest BCUT2D eigenvalue weighted by Gasteiger charge is -2.07. The van der Waals surface area contributed by atoms with Crippen LogP contribution in [0.3, 0.4) is 0 Å². The molecule has 0 aliphatic carbocycles. The van der Waals surface area contributed by atoms with Crippen molar-refractivity contribution in [3.8, 4) is 11.5 Å². The Bertz CT molecular complexity index is 585. The molecule has 0 saturated heterocycles. The summed E-state index contributed by atoms with van der Waals surface area (Å²) in [5.41, 5.74) is 1.44. The fourth-order valence-electron chi connectivity index (χ4n) is 1.70. The van der Waals surface area contributed by atoms with Gasteiger partial charge in [0, 0.05) is 6.20 Å². The summed E-state index contributed by atoms with van der Waals surface area (Å²) in [6.45, 7) is 0. The number of benzene rings is 1. The number of nitrogens with one attached hydrogen (secondary N) is 1. The Labute approximate surface area is 111 Å².